The van der Waals surface area contributed by atoms with Crippen LogP contribution in [0.1, 0.15) is 21.6 Å². The van der Waals surface area contributed by atoms with Crippen molar-refractivity contribution in [1.82, 2.24) is 9.78 Å². The first-order valence-corrected chi connectivity index (χ1v) is 8.18. The number of ketones is 1. The molecule has 2 aromatic carbocycles. The number of carbonyl (C=O) groups excluding carboxylic acids is 1. The number of hydrogen-bond donors (Lipinski definition) is 0. The van der Waals surface area contributed by atoms with E-state index in [1.807, 2.05) is 54.6 Å². The van der Waals surface area contributed by atoms with E-state index < -0.39 is 0 Å². The summed E-state index contributed by atoms with van der Waals surface area (Å²) in [4.78, 5) is 12.3. The van der Waals surface area contributed by atoms with E-state index in [1.54, 1.807) is 19.3 Å². The molecule has 126 valence electrons. The van der Waals surface area contributed by atoms with Gasteiger partial charge in [-0.3, -0.25) is 9.48 Å². The maximum absolute atomic E-state index is 12.3. The number of hydrogen-bond acceptors (Lipinski definition) is 3. The topological polar surface area (TPSA) is 44.1 Å². The molecule has 0 unspecified atom stereocenters. The lowest BCUT2D eigenvalue weighted by molar-refractivity contribution is 0.104. The number of halogens is 1. The molecule has 1 heterocycles. The highest BCUT2D eigenvalue weighted by Crippen LogP contribution is 2.22. The lowest BCUT2D eigenvalue weighted by Gasteiger charge is -2.09. The van der Waals surface area contributed by atoms with Crippen LogP contribution in [-0.2, 0) is 13.7 Å². The average molecular weight is 353 g/mol. The molecular formula is C20H17ClN2O2. The van der Waals surface area contributed by atoms with Gasteiger partial charge in [-0.1, -0.05) is 60.1 Å². The molecule has 0 saturated carbocycles. The zero-order chi connectivity index (χ0) is 17.6. The lowest BCUT2D eigenvalue weighted by atomic mass is 10.1. The number of benzene rings is 2. The number of carbonyl (C=O) groups is 1. The molecule has 0 radical (unpaired) electrons. The van der Waals surface area contributed by atoms with Crippen LogP contribution in [0.2, 0.25) is 5.02 Å². The Balaban J connectivity index is 1.74. The number of nitrogens with zero attached hydrogens (tertiary/aromatic N) is 2. The van der Waals surface area contributed by atoms with Crippen LogP contribution in [0.25, 0.3) is 6.08 Å². The fourth-order valence-electron chi connectivity index (χ4n) is 2.36. The van der Waals surface area contributed by atoms with E-state index in [1.165, 1.54) is 10.8 Å². The number of aromatic nitrogens is 2. The first-order chi connectivity index (χ1) is 12.1. The van der Waals surface area contributed by atoms with Gasteiger partial charge >= 0.3 is 0 Å². The van der Waals surface area contributed by atoms with Gasteiger partial charge in [0.2, 0.25) is 5.78 Å². The van der Waals surface area contributed by atoms with Gasteiger partial charge in [0.15, 0.2) is 5.69 Å². The molecule has 0 fully saturated rings. The Labute approximate surface area is 151 Å². The summed E-state index contributed by atoms with van der Waals surface area (Å²) in [5.41, 5.74) is 2.14. The van der Waals surface area contributed by atoms with Crippen molar-refractivity contribution in [2.24, 2.45) is 7.05 Å². The highest BCUT2D eigenvalue weighted by atomic mass is 35.5. The van der Waals surface area contributed by atoms with Gasteiger partial charge in [-0.05, 0) is 23.8 Å². The van der Waals surface area contributed by atoms with Crippen molar-refractivity contribution in [2.45, 2.75) is 6.61 Å². The van der Waals surface area contributed by atoms with Gasteiger partial charge in [0.1, 0.15) is 12.4 Å². The maximum Gasteiger partial charge on any atom is 0.207 e. The minimum absolute atomic E-state index is 0.239. The third kappa shape index (κ3) is 4.37. The largest absolute Gasteiger partial charge is 0.488 e. The Morgan fingerprint density at radius 3 is 2.60 bits per heavy atom. The zero-order valence-electron chi connectivity index (χ0n) is 13.7. The highest BCUT2D eigenvalue weighted by molar-refractivity contribution is 6.34. The van der Waals surface area contributed by atoms with Gasteiger partial charge in [0.05, 0.1) is 5.02 Å². The van der Waals surface area contributed by atoms with Crippen molar-refractivity contribution in [3.63, 3.8) is 0 Å². The predicted molar refractivity (Wildman–Crippen MR) is 98.8 cm³/mol. The average Bonchev–Trinajstić information content (AvgIpc) is 2.98. The van der Waals surface area contributed by atoms with Gasteiger partial charge in [-0.15, -0.1) is 0 Å². The standard InChI is InChI=1S/C20H17ClN2O2/c1-23-13-17(21)20(22-23)18(24)12-11-16-9-5-6-10-19(16)25-14-15-7-3-2-4-8-15/h2-13H,14H2,1H3/b12-11+. The molecule has 0 bridgehead atoms. The number of aryl methyl sites for hydroxylation is 1. The second-order valence-electron chi connectivity index (χ2n) is 5.51. The van der Waals surface area contributed by atoms with E-state index in [2.05, 4.69) is 5.10 Å². The van der Waals surface area contributed by atoms with Gasteiger partial charge in [0.25, 0.3) is 0 Å². The van der Waals surface area contributed by atoms with E-state index in [-0.39, 0.29) is 11.5 Å². The summed E-state index contributed by atoms with van der Waals surface area (Å²) in [6.45, 7) is 0.464. The summed E-state index contributed by atoms with van der Waals surface area (Å²) >= 11 is 6.01. The molecule has 25 heavy (non-hydrogen) atoms. The quantitative estimate of drug-likeness (QED) is 0.483. The molecule has 4 nitrogen and oxygen atoms in total. The molecule has 0 atom stereocenters. The highest BCUT2D eigenvalue weighted by Gasteiger charge is 2.12. The molecule has 0 spiro atoms. The van der Waals surface area contributed by atoms with E-state index in [4.69, 9.17) is 16.3 Å². The Bertz CT molecular complexity index is 901. The summed E-state index contributed by atoms with van der Waals surface area (Å²) in [5.74, 6) is 0.464. The van der Waals surface area contributed by atoms with Crippen LogP contribution in [0.4, 0.5) is 0 Å². The molecule has 0 amide bonds. The summed E-state index contributed by atoms with van der Waals surface area (Å²) in [5, 5.41) is 4.41. The molecule has 3 rings (SSSR count). The number of ether oxygens (including phenoxy) is 1. The third-order valence-electron chi connectivity index (χ3n) is 3.59. The Hall–Kier alpha value is -2.85. The minimum Gasteiger partial charge on any atom is -0.488 e. The molecule has 0 aliphatic rings. The molecule has 0 aliphatic carbocycles. The normalized spacial score (nSPS) is 11.0. The van der Waals surface area contributed by atoms with Gasteiger partial charge in [-0.2, -0.15) is 5.10 Å². The Morgan fingerprint density at radius 1 is 1.16 bits per heavy atom. The van der Waals surface area contributed by atoms with Gasteiger partial charge in [-0.25, -0.2) is 0 Å². The number of rotatable bonds is 6. The van der Waals surface area contributed by atoms with Crippen LogP contribution in [0.15, 0.2) is 66.9 Å². The predicted octanol–water partition coefficient (Wildman–Crippen LogP) is 4.55. The van der Waals surface area contributed by atoms with E-state index in [0.29, 0.717) is 17.4 Å². The molecular weight excluding hydrogens is 336 g/mol. The summed E-state index contributed by atoms with van der Waals surface area (Å²) < 4.78 is 7.39. The first-order valence-electron chi connectivity index (χ1n) is 7.81. The van der Waals surface area contributed by atoms with Crippen molar-refractivity contribution in [3.05, 3.63) is 88.7 Å². The van der Waals surface area contributed by atoms with Crippen LogP contribution in [-0.4, -0.2) is 15.6 Å². The molecule has 0 aliphatic heterocycles. The van der Waals surface area contributed by atoms with Gasteiger partial charge < -0.3 is 4.74 Å². The zero-order valence-corrected chi connectivity index (χ0v) is 14.5. The fourth-order valence-corrected chi connectivity index (χ4v) is 2.63. The lowest BCUT2D eigenvalue weighted by Crippen LogP contribution is -1.99. The molecule has 5 heteroatoms. The van der Waals surface area contributed by atoms with Crippen molar-refractivity contribution < 1.29 is 9.53 Å². The Morgan fingerprint density at radius 2 is 1.88 bits per heavy atom. The Kier molecular flexibility index (Phi) is 5.31. The van der Waals surface area contributed by atoms with Gasteiger partial charge in [0, 0.05) is 18.8 Å². The number of allylic oxidation sites excluding steroid dienone is 1. The summed E-state index contributed by atoms with van der Waals surface area (Å²) in [6, 6.07) is 17.5. The van der Waals surface area contributed by atoms with Crippen LogP contribution >= 0.6 is 11.6 Å². The molecule has 0 N–H and O–H groups in total. The fraction of sp³-hybridized carbons (Fsp3) is 0.100. The van der Waals surface area contributed by atoms with Crippen LogP contribution in [0.5, 0.6) is 5.75 Å². The summed E-state index contributed by atoms with van der Waals surface area (Å²) in [6.07, 6.45) is 4.77. The second kappa shape index (κ2) is 7.81. The minimum atomic E-state index is -0.247. The first kappa shape index (κ1) is 17.0. The SMILES string of the molecule is Cn1cc(Cl)c(C(=O)/C=C/c2ccccc2OCc2ccccc2)n1. The third-order valence-corrected chi connectivity index (χ3v) is 3.86. The van der Waals surface area contributed by atoms with Crippen molar-refractivity contribution >= 4 is 23.5 Å². The van der Waals surface area contributed by atoms with E-state index >= 15 is 0 Å². The van der Waals surface area contributed by atoms with Crippen LogP contribution < -0.4 is 4.74 Å². The van der Waals surface area contributed by atoms with E-state index in [9.17, 15) is 4.79 Å². The molecule has 1 aromatic heterocycles. The van der Waals surface area contributed by atoms with Crippen LogP contribution in [0.3, 0.4) is 0 Å². The molecule has 3 aromatic rings. The van der Waals surface area contributed by atoms with Crippen LogP contribution in [0, 0.1) is 0 Å². The summed E-state index contributed by atoms with van der Waals surface area (Å²) in [7, 11) is 1.72. The molecule has 0 saturated heterocycles. The number of para-hydroxylation sites is 1. The smallest absolute Gasteiger partial charge is 0.207 e. The maximum atomic E-state index is 12.3. The van der Waals surface area contributed by atoms with E-state index in [0.717, 1.165) is 11.1 Å². The monoisotopic (exact) mass is 352 g/mol. The van der Waals surface area contributed by atoms with Crippen molar-refractivity contribution in [3.8, 4) is 5.75 Å². The second-order valence-corrected chi connectivity index (χ2v) is 5.92. The van der Waals surface area contributed by atoms with Crippen molar-refractivity contribution in [1.29, 1.82) is 0 Å². The van der Waals surface area contributed by atoms with Crippen molar-refractivity contribution in [2.75, 3.05) is 0 Å².